The second-order valence-corrected chi connectivity index (χ2v) is 5.96. The lowest BCUT2D eigenvalue weighted by atomic mass is 10.2. The standard InChI is InChI=1S/C15H20BrNO3/c1-10(20-9-11-3-4-11)15(18)17-8-12-5-6-14(19-2)13(16)7-12/h5-7,10-11H,3-4,8-9H2,1-2H3,(H,17,18). The Bertz CT molecular complexity index is 474. The highest BCUT2D eigenvalue weighted by Gasteiger charge is 2.23. The molecular formula is C15H20BrNO3. The van der Waals surface area contributed by atoms with E-state index in [1.807, 2.05) is 18.2 Å². The fourth-order valence-electron chi connectivity index (χ4n) is 1.79. The van der Waals surface area contributed by atoms with Crippen molar-refractivity contribution in [3.8, 4) is 5.75 Å². The average Bonchev–Trinajstić information content (AvgIpc) is 3.26. The molecule has 1 aromatic rings. The second-order valence-electron chi connectivity index (χ2n) is 5.11. The van der Waals surface area contributed by atoms with Gasteiger partial charge in [0.15, 0.2) is 0 Å². The normalized spacial score (nSPS) is 15.8. The van der Waals surface area contributed by atoms with Crippen LogP contribution in [0.4, 0.5) is 0 Å². The number of rotatable bonds is 7. The monoisotopic (exact) mass is 341 g/mol. The van der Waals surface area contributed by atoms with Gasteiger partial charge < -0.3 is 14.8 Å². The first kappa shape index (κ1) is 15.3. The van der Waals surface area contributed by atoms with Gasteiger partial charge in [-0.1, -0.05) is 6.07 Å². The van der Waals surface area contributed by atoms with Gasteiger partial charge in [0.05, 0.1) is 18.2 Å². The maximum absolute atomic E-state index is 11.9. The maximum atomic E-state index is 11.9. The first-order valence-corrected chi connectivity index (χ1v) is 7.61. The maximum Gasteiger partial charge on any atom is 0.249 e. The van der Waals surface area contributed by atoms with Crippen molar-refractivity contribution < 1.29 is 14.3 Å². The van der Waals surface area contributed by atoms with Crippen LogP contribution < -0.4 is 10.1 Å². The van der Waals surface area contributed by atoms with E-state index in [2.05, 4.69) is 21.2 Å². The molecule has 1 amide bonds. The van der Waals surface area contributed by atoms with Gasteiger partial charge >= 0.3 is 0 Å². The van der Waals surface area contributed by atoms with Gasteiger partial charge in [0.2, 0.25) is 5.91 Å². The van der Waals surface area contributed by atoms with Crippen molar-refractivity contribution in [2.45, 2.75) is 32.4 Å². The number of amides is 1. The average molecular weight is 342 g/mol. The van der Waals surface area contributed by atoms with E-state index in [1.54, 1.807) is 14.0 Å². The molecule has 1 atom stereocenters. The summed E-state index contributed by atoms with van der Waals surface area (Å²) >= 11 is 3.43. The first-order valence-electron chi connectivity index (χ1n) is 6.82. The second kappa shape index (κ2) is 7.09. The molecule has 0 heterocycles. The Morgan fingerprint density at radius 2 is 2.25 bits per heavy atom. The molecule has 0 spiro atoms. The molecule has 1 unspecified atom stereocenters. The van der Waals surface area contributed by atoms with Crippen LogP contribution in [0.3, 0.4) is 0 Å². The zero-order chi connectivity index (χ0) is 14.5. The summed E-state index contributed by atoms with van der Waals surface area (Å²) in [5.41, 5.74) is 1.01. The van der Waals surface area contributed by atoms with Gasteiger partial charge in [0, 0.05) is 6.54 Å². The highest BCUT2D eigenvalue weighted by molar-refractivity contribution is 9.10. The van der Waals surface area contributed by atoms with Gasteiger partial charge in [0.25, 0.3) is 0 Å². The molecule has 1 N–H and O–H groups in total. The molecule has 5 heteroatoms. The van der Waals surface area contributed by atoms with Crippen molar-refractivity contribution in [2.24, 2.45) is 5.92 Å². The lowest BCUT2D eigenvalue weighted by Crippen LogP contribution is -2.34. The van der Waals surface area contributed by atoms with Crippen molar-refractivity contribution in [2.75, 3.05) is 13.7 Å². The summed E-state index contributed by atoms with van der Waals surface area (Å²) in [6.45, 7) is 2.98. The SMILES string of the molecule is COc1ccc(CNC(=O)C(C)OCC2CC2)cc1Br. The van der Waals surface area contributed by atoms with E-state index in [9.17, 15) is 4.79 Å². The van der Waals surface area contributed by atoms with Gasteiger partial charge in [-0.25, -0.2) is 0 Å². The first-order chi connectivity index (χ1) is 9.60. The Morgan fingerprint density at radius 3 is 2.85 bits per heavy atom. The largest absolute Gasteiger partial charge is 0.496 e. The number of carbonyl (C=O) groups excluding carboxylic acids is 1. The van der Waals surface area contributed by atoms with Crippen molar-refractivity contribution in [3.05, 3.63) is 28.2 Å². The van der Waals surface area contributed by atoms with Crippen molar-refractivity contribution in [1.82, 2.24) is 5.32 Å². The van der Waals surface area contributed by atoms with E-state index in [-0.39, 0.29) is 5.91 Å². The van der Waals surface area contributed by atoms with Crippen LogP contribution in [0, 0.1) is 5.92 Å². The Morgan fingerprint density at radius 1 is 1.50 bits per heavy atom. The van der Waals surface area contributed by atoms with Crippen molar-refractivity contribution in [3.63, 3.8) is 0 Å². The van der Waals surface area contributed by atoms with Gasteiger partial charge in [0.1, 0.15) is 11.9 Å². The van der Waals surface area contributed by atoms with Gasteiger partial charge in [-0.3, -0.25) is 4.79 Å². The van der Waals surface area contributed by atoms with E-state index < -0.39 is 6.10 Å². The van der Waals surface area contributed by atoms with Crippen molar-refractivity contribution in [1.29, 1.82) is 0 Å². The third-order valence-electron chi connectivity index (χ3n) is 3.33. The third-order valence-corrected chi connectivity index (χ3v) is 3.95. The summed E-state index contributed by atoms with van der Waals surface area (Å²) < 4.78 is 11.6. The Labute approximate surface area is 128 Å². The van der Waals surface area contributed by atoms with Crippen LogP contribution in [0.1, 0.15) is 25.3 Å². The van der Waals surface area contributed by atoms with Crippen LogP contribution in [-0.4, -0.2) is 25.7 Å². The van der Waals surface area contributed by atoms with Crippen LogP contribution >= 0.6 is 15.9 Å². The molecule has 0 radical (unpaired) electrons. The van der Waals surface area contributed by atoms with E-state index in [0.717, 1.165) is 15.8 Å². The number of hydrogen-bond acceptors (Lipinski definition) is 3. The highest BCUT2D eigenvalue weighted by atomic mass is 79.9. The number of methoxy groups -OCH3 is 1. The van der Waals surface area contributed by atoms with Gasteiger partial charge in [-0.05, 0) is 59.3 Å². The molecule has 20 heavy (non-hydrogen) atoms. The number of benzene rings is 1. The summed E-state index contributed by atoms with van der Waals surface area (Å²) in [5, 5.41) is 2.88. The molecule has 0 bridgehead atoms. The van der Waals surface area contributed by atoms with E-state index in [4.69, 9.17) is 9.47 Å². The summed E-state index contributed by atoms with van der Waals surface area (Å²) in [6.07, 6.45) is 2.07. The molecule has 0 saturated heterocycles. The molecule has 2 rings (SSSR count). The summed E-state index contributed by atoms with van der Waals surface area (Å²) in [7, 11) is 1.63. The number of ether oxygens (including phenoxy) is 2. The molecule has 1 saturated carbocycles. The number of carbonyl (C=O) groups is 1. The quantitative estimate of drug-likeness (QED) is 0.829. The smallest absolute Gasteiger partial charge is 0.249 e. The van der Waals surface area contributed by atoms with Crippen LogP contribution in [-0.2, 0) is 16.1 Å². The summed E-state index contributed by atoms with van der Waals surface area (Å²) in [5.74, 6) is 1.38. The van der Waals surface area contributed by atoms with Gasteiger partial charge in [-0.2, -0.15) is 0 Å². The molecule has 110 valence electrons. The molecule has 4 nitrogen and oxygen atoms in total. The lowest BCUT2D eigenvalue weighted by Gasteiger charge is -2.13. The number of nitrogens with one attached hydrogen (secondary N) is 1. The van der Waals surface area contributed by atoms with E-state index >= 15 is 0 Å². The summed E-state index contributed by atoms with van der Waals surface area (Å²) in [6, 6.07) is 5.74. The predicted molar refractivity (Wildman–Crippen MR) is 80.7 cm³/mol. The van der Waals surface area contributed by atoms with Crippen LogP contribution in [0.25, 0.3) is 0 Å². The molecule has 1 aromatic carbocycles. The van der Waals surface area contributed by atoms with E-state index in [0.29, 0.717) is 19.1 Å². The fourth-order valence-corrected chi connectivity index (χ4v) is 2.38. The molecule has 0 aliphatic heterocycles. The highest BCUT2D eigenvalue weighted by Crippen LogP contribution is 2.29. The van der Waals surface area contributed by atoms with Crippen LogP contribution in [0.2, 0.25) is 0 Å². The van der Waals surface area contributed by atoms with E-state index in [1.165, 1.54) is 12.8 Å². The Balaban J connectivity index is 1.78. The molecule has 1 fully saturated rings. The zero-order valence-electron chi connectivity index (χ0n) is 11.8. The molecule has 0 aromatic heterocycles. The number of halogens is 1. The minimum atomic E-state index is -0.391. The Kier molecular flexibility index (Phi) is 5.43. The third kappa shape index (κ3) is 4.49. The fraction of sp³-hybridized carbons (Fsp3) is 0.533. The minimum absolute atomic E-state index is 0.0717. The minimum Gasteiger partial charge on any atom is -0.496 e. The molecule has 1 aliphatic carbocycles. The van der Waals surface area contributed by atoms with Crippen LogP contribution in [0.15, 0.2) is 22.7 Å². The lowest BCUT2D eigenvalue weighted by molar-refractivity contribution is -0.132. The zero-order valence-corrected chi connectivity index (χ0v) is 13.4. The van der Waals surface area contributed by atoms with Crippen LogP contribution in [0.5, 0.6) is 5.75 Å². The molecular weight excluding hydrogens is 322 g/mol. The van der Waals surface area contributed by atoms with Gasteiger partial charge in [-0.15, -0.1) is 0 Å². The predicted octanol–water partition coefficient (Wildman–Crippen LogP) is 2.89. The topological polar surface area (TPSA) is 47.6 Å². The number of hydrogen-bond donors (Lipinski definition) is 1. The van der Waals surface area contributed by atoms with Crippen molar-refractivity contribution >= 4 is 21.8 Å². The molecule has 1 aliphatic rings. The summed E-state index contributed by atoms with van der Waals surface area (Å²) in [4.78, 5) is 11.9. The Hall–Kier alpha value is -1.07.